The number of nitrogens with zero attached hydrogens (tertiary/aromatic N) is 2. The molecule has 0 bridgehead atoms. The number of nitrogens with one attached hydrogen (secondary N) is 1. The molecule has 0 spiro atoms. The fraction of sp³-hybridized carbons (Fsp3) is 0.200. The van der Waals surface area contributed by atoms with Crippen LogP contribution in [0.25, 0.3) is 11.3 Å². The van der Waals surface area contributed by atoms with Crippen molar-refractivity contribution in [1.82, 2.24) is 9.13 Å². The molecule has 0 saturated carbocycles. The van der Waals surface area contributed by atoms with E-state index in [4.69, 9.17) is 17.0 Å². The first-order valence-electron chi connectivity index (χ1n) is 8.04. The van der Waals surface area contributed by atoms with Crippen molar-refractivity contribution in [3.8, 4) is 11.3 Å². The van der Waals surface area contributed by atoms with Crippen molar-refractivity contribution in [2.24, 2.45) is 7.05 Å². The number of aromatic nitrogens is 2. The number of benzene rings is 2. The van der Waals surface area contributed by atoms with Crippen molar-refractivity contribution >= 4 is 17.4 Å². The summed E-state index contributed by atoms with van der Waals surface area (Å²) in [7, 11) is 1.84. The summed E-state index contributed by atoms with van der Waals surface area (Å²) in [5, 5.41) is 8.84. The molecule has 25 heavy (non-hydrogen) atoms. The SMILES string of the molecule is Cc1ccc(-c2cn(CC(=O)c3cccc(Cl)c3)c(=N)n2C)cc1C. The van der Waals surface area contributed by atoms with Crippen LogP contribution in [0.15, 0.2) is 48.7 Å². The number of rotatable bonds is 4. The largest absolute Gasteiger partial charge is 0.314 e. The van der Waals surface area contributed by atoms with E-state index >= 15 is 0 Å². The molecule has 4 nitrogen and oxygen atoms in total. The maximum absolute atomic E-state index is 12.5. The van der Waals surface area contributed by atoms with E-state index in [-0.39, 0.29) is 17.9 Å². The zero-order valence-corrected chi connectivity index (χ0v) is 15.3. The van der Waals surface area contributed by atoms with Gasteiger partial charge in [-0.05, 0) is 48.7 Å². The lowest BCUT2D eigenvalue weighted by molar-refractivity contribution is 0.0970. The van der Waals surface area contributed by atoms with Crippen molar-refractivity contribution < 1.29 is 4.79 Å². The smallest absolute Gasteiger partial charge is 0.202 e. The summed E-state index contributed by atoms with van der Waals surface area (Å²) < 4.78 is 3.45. The van der Waals surface area contributed by atoms with Crippen LogP contribution in [0.3, 0.4) is 0 Å². The Morgan fingerprint density at radius 1 is 1.12 bits per heavy atom. The second-order valence-electron chi connectivity index (χ2n) is 6.26. The van der Waals surface area contributed by atoms with Gasteiger partial charge >= 0.3 is 0 Å². The Labute approximate surface area is 151 Å². The van der Waals surface area contributed by atoms with Crippen LogP contribution in [0.2, 0.25) is 5.02 Å². The molecule has 0 unspecified atom stereocenters. The molecule has 3 aromatic rings. The van der Waals surface area contributed by atoms with Gasteiger partial charge in [0.1, 0.15) is 0 Å². The normalized spacial score (nSPS) is 10.9. The van der Waals surface area contributed by atoms with Gasteiger partial charge in [-0.1, -0.05) is 35.9 Å². The second kappa shape index (κ2) is 6.73. The summed E-state index contributed by atoms with van der Waals surface area (Å²) in [6, 6.07) is 13.1. The van der Waals surface area contributed by atoms with Crippen LogP contribution in [-0.2, 0) is 13.6 Å². The highest BCUT2D eigenvalue weighted by Crippen LogP contribution is 2.21. The van der Waals surface area contributed by atoms with E-state index < -0.39 is 0 Å². The lowest BCUT2D eigenvalue weighted by Crippen LogP contribution is -2.25. The van der Waals surface area contributed by atoms with Crippen LogP contribution in [0.1, 0.15) is 21.5 Å². The predicted molar refractivity (Wildman–Crippen MR) is 100.0 cm³/mol. The van der Waals surface area contributed by atoms with E-state index in [1.165, 1.54) is 11.1 Å². The predicted octanol–water partition coefficient (Wildman–Crippen LogP) is 4.13. The molecule has 0 atom stereocenters. The van der Waals surface area contributed by atoms with E-state index in [2.05, 4.69) is 26.0 Å². The highest BCUT2D eigenvalue weighted by Gasteiger charge is 2.13. The molecule has 1 aromatic heterocycles. The number of hydrogen-bond acceptors (Lipinski definition) is 2. The summed E-state index contributed by atoms with van der Waals surface area (Å²) in [5.41, 5.74) is 5.21. The summed E-state index contributed by atoms with van der Waals surface area (Å²) >= 11 is 5.96. The fourth-order valence-corrected chi connectivity index (χ4v) is 2.99. The average molecular weight is 354 g/mol. The van der Waals surface area contributed by atoms with Gasteiger partial charge in [-0.2, -0.15) is 0 Å². The molecule has 0 aliphatic carbocycles. The minimum Gasteiger partial charge on any atom is -0.314 e. The number of halogens is 1. The van der Waals surface area contributed by atoms with Crippen LogP contribution < -0.4 is 5.62 Å². The van der Waals surface area contributed by atoms with E-state index in [0.717, 1.165) is 11.3 Å². The Morgan fingerprint density at radius 2 is 1.88 bits per heavy atom. The Hall–Kier alpha value is -2.59. The van der Waals surface area contributed by atoms with E-state index in [9.17, 15) is 4.79 Å². The van der Waals surface area contributed by atoms with Crippen LogP contribution in [0.4, 0.5) is 0 Å². The maximum atomic E-state index is 12.5. The number of carbonyl (C=O) groups excluding carboxylic acids is 1. The van der Waals surface area contributed by atoms with Gasteiger partial charge in [0.25, 0.3) is 0 Å². The minimum atomic E-state index is -0.0711. The molecule has 3 rings (SSSR count). The summed E-state index contributed by atoms with van der Waals surface area (Å²) in [4.78, 5) is 12.5. The fourth-order valence-electron chi connectivity index (χ4n) is 2.80. The minimum absolute atomic E-state index is 0.0711. The molecule has 0 amide bonds. The Balaban J connectivity index is 1.95. The van der Waals surface area contributed by atoms with Gasteiger partial charge < -0.3 is 9.13 Å². The first-order valence-corrected chi connectivity index (χ1v) is 8.42. The Kier molecular flexibility index (Phi) is 4.64. The highest BCUT2D eigenvalue weighted by atomic mass is 35.5. The van der Waals surface area contributed by atoms with Crippen molar-refractivity contribution in [2.45, 2.75) is 20.4 Å². The summed E-state index contributed by atoms with van der Waals surface area (Å²) in [6.45, 7) is 4.25. The highest BCUT2D eigenvalue weighted by molar-refractivity contribution is 6.31. The quantitative estimate of drug-likeness (QED) is 0.704. The molecule has 0 aliphatic rings. The first-order chi connectivity index (χ1) is 11.9. The van der Waals surface area contributed by atoms with E-state index in [1.54, 1.807) is 33.4 Å². The van der Waals surface area contributed by atoms with Gasteiger partial charge in [-0.3, -0.25) is 10.2 Å². The van der Waals surface area contributed by atoms with Crippen molar-refractivity contribution in [3.05, 3.63) is 76.0 Å². The molecule has 0 fully saturated rings. The average Bonchev–Trinajstić information content (AvgIpc) is 2.86. The molecule has 1 heterocycles. The zero-order valence-electron chi connectivity index (χ0n) is 14.5. The van der Waals surface area contributed by atoms with Gasteiger partial charge in [0.05, 0.1) is 12.2 Å². The van der Waals surface area contributed by atoms with Gasteiger partial charge in [-0.15, -0.1) is 0 Å². The molecule has 5 heteroatoms. The number of aryl methyl sites for hydroxylation is 2. The maximum Gasteiger partial charge on any atom is 0.202 e. The standard InChI is InChI=1S/C20H20ClN3O/c1-13-7-8-15(9-14(13)2)18-11-24(20(22)23(18)3)12-19(25)16-5-4-6-17(21)10-16/h4-11,22H,12H2,1-3H3. The topological polar surface area (TPSA) is 50.8 Å². The molecular formula is C20H20ClN3O. The van der Waals surface area contributed by atoms with Crippen LogP contribution in [0.5, 0.6) is 0 Å². The van der Waals surface area contributed by atoms with Crippen molar-refractivity contribution in [3.63, 3.8) is 0 Å². The lowest BCUT2D eigenvalue weighted by atomic mass is 10.0. The molecule has 128 valence electrons. The van der Waals surface area contributed by atoms with Crippen molar-refractivity contribution in [1.29, 1.82) is 5.41 Å². The number of carbonyl (C=O) groups is 1. The Morgan fingerprint density at radius 3 is 2.56 bits per heavy atom. The first kappa shape index (κ1) is 17.2. The third-order valence-corrected chi connectivity index (χ3v) is 4.73. The number of Topliss-reactive ketones (excluding diaryl/α,β-unsaturated/α-hetero) is 1. The summed E-state index contributed by atoms with van der Waals surface area (Å²) in [6.07, 6.45) is 1.86. The molecule has 0 radical (unpaired) electrons. The third kappa shape index (κ3) is 3.44. The van der Waals surface area contributed by atoms with E-state index in [0.29, 0.717) is 10.6 Å². The molecule has 2 aromatic carbocycles. The van der Waals surface area contributed by atoms with Crippen LogP contribution >= 0.6 is 11.6 Å². The van der Waals surface area contributed by atoms with Gasteiger partial charge in [0.15, 0.2) is 5.78 Å². The van der Waals surface area contributed by atoms with Gasteiger partial charge in [0.2, 0.25) is 5.62 Å². The molecule has 0 saturated heterocycles. The number of ketones is 1. The second-order valence-corrected chi connectivity index (χ2v) is 6.69. The molecule has 1 N–H and O–H groups in total. The molecular weight excluding hydrogens is 334 g/mol. The Bertz CT molecular complexity index is 1010. The third-order valence-electron chi connectivity index (χ3n) is 4.49. The monoisotopic (exact) mass is 353 g/mol. The number of hydrogen-bond donors (Lipinski definition) is 1. The zero-order chi connectivity index (χ0) is 18.1. The van der Waals surface area contributed by atoms with Crippen molar-refractivity contribution in [2.75, 3.05) is 0 Å². The molecule has 0 aliphatic heterocycles. The van der Waals surface area contributed by atoms with Gasteiger partial charge in [0, 0.05) is 23.8 Å². The lowest BCUT2D eigenvalue weighted by Gasteiger charge is -2.05. The number of imidazole rings is 1. The van der Waals surface area contributed by atoms with Crippen LogP contribution in [-0.4, -0.2) is 14.9 Å². The van der Waals surface area contributed by atoms with E-state index in [1.807, 2.05) is 19.3 Å². The summed E-state index contributed by atoms with van der Waals surface area (Å²) in [5.74, 6) is -0.0711. The van der Waals surface area contributed by atoms with Gasteiger partial charge in [-0.25, -0.2) is 0 Å². The van der Waals surface area contributed by atoms with Crippen LogP contribution in [0, 0.1) is 19.3 Å².